The predicted octanol–water partition coefficient (Wildman–Crippen LogP) is 2.37. The first-order valence-corrected chi connectivity index (χ1v) is 2.22. The van der Waals surface area contributed by atoms with Gasteiger partial charge in [0.2, 0.25) is 0 Å². The fraction of sp³-hybridized carbons (Fsp3) is 0.500. The predicted molar refractivity (Wildman–Crippen MR) is 30.7 cm³/mol. The van der Waals surface area contributed by atoms with Crippen molar-refractivity contribution in [3.8, 4) is 0 Å². The molecule has 0 N–H and O–H groups in total. The quantitative estimate of drug-likeness (QED) is 0.395. The second-order valence-corrected chi connectivity index (χ2v) is 0.493. The molecule has 0 aromatic carbocycles. The number of rotatable bonds is 0. The SMILES string of the molecule is C=C=CC.CC. The molecule has 0 aliphatic heterocycles. The van der Waals surface area contributed by atoms with Gasteiger partial charge in [-0.15, -0.1) is 5.73 Å². The second-order valence-electron chi connectivity index (χ2n) is 0.493. The average molecular weight is 84.2 g/mol. The molecule has 0 heterocycles. The van der Waals surface area contributed by atoms with Gasteiger partial charge in [0, 0.05) is 0 Å². The molecule has 0 aliphatic carbocycles. The third-order valence-electron chi connectivity index (χ3n) is 0.204. The molecule has 0 heteroatoms. The Morgan fingerprint density at radius 1 is 1.50 bits per heavy atom. The lowest BCUT2D eigenvalue weighted by Crippen LogP contribution is -1.15. The van der Waals surface area contributed by atoms with Crippen LogP contribution in [0.4, 0.5) is 0 Å². The molecule has 0 bridgehead atoms. The van der Waals surface area contributed by atoms with Crippen LogP contribution in [0.1, 0.15) is 20.8 Å². The molecule has 6 heavy (non-hydrogen) atoms. The standard InChI is InChI=1S/C4H6.C2H6/c1-3-4-2;1-2/h4H,1H2,2H3;1-2H3. The lowest BCUT2D eigenvalue weighted by Gasteiger charge is -1.37. The van der Waals surface area contributed by atoms with Gasteiger partial charge in [-0.1, -0.05) is 20.4 Å². The van der Waals surface area contributed by atoms with Gasteiger partial charge in [0.05, 0.1) is 0 Å². The van der Waals surface area contributed by atoms with Crippen molar-refractivity contribution < 1.29 is 0 Å². The maximum atomic E-state index is 3.30. The highest BCUT2D eigenvalue weighted by Gasteiger charge is 1.24. The molecule has 0 fully saturated rings. The maximum absolute atomic E-state index is 3.30. The van der Waals surface area contributed by atoms with Crippen molar-refractivity contribution in [1.82, 2.24) is 0 Å². The van der Waals surface area contributed by atoms with E-state index in [1.54, 1.807) is 6.08 Å². The molecule has 0 spiro atoms. The second kappa shape index (κ2) is 24.2. The van der Waals surface area contributed by atoms with Crippen LogP contribution in [0.3, 0.4) is 0 Å². The highest BCUT2D eigenvalue weighted by atomic mass is 13.3. The van der Waals surface area contributed by atoms with Gasteiger partial charge in [0.25, 0.3) is 0 Å². The fourth-order valence-corrected chi connectivity index (χ4v) is 0. The van der Waals surface area contributed by atoms with Gasteiger partial charge < -0.3 is 0 Å². The number of allylic oxidation sites excluding steroid dienone is 1. The van der Waals surface area contributed by atoms with Crippen LogP contribution in [0.2, 0.25) is 0 Å². The zero-order chi connectivity index (χ0) is 5.41. The van der Waals surface area contributed by atoms with Gasteiger partial charge in [-0.05, 0) is 13.0 Å². The Bertz CT molecular complexity index is 38.0. The molecule has 0 amide bonds. The summed E-state index contributed by atoms with van der Waals surface area (Å²) >= 11 is 0. The van der Waals surface area contributed by atoms with Gasteiger partial charge in [0.1, 0.15) is 0 Å². The zero-order valence-corrected chi connectivity index (χ0v) is 4.78. The monoisotopic (exact) mass is 84.1 g/mol. The van der Waals surface area contributed by atoms with Gasteiger partial charge in [-0.2, -0.15) is 0 Å². The summed E-state index contributed by atoms with van der Waals surface area (Å²) in [6.45, 7) is 9.18. The van der Waals surface area contributed by atoms with Crippen LogP contribution in [0.5, 0.6) is 0 Å². The van der Waals surface area contributed by atoms with Crippen LogP contribution in [0.25, 0.3) is 0 Å². The Kier molecular flexibility index (Phi) is 36.8. The lowest BCUT2D eigenvalue weighted by atomic mass is 10.7. The first kappa shape index (κ1) is 9.10. The van der Waals surface area contributed by atoms with E-state index in [9.17, 15) is 0 Å². The average Bonchev–Trinajstić information content (AvgIpc) is 1.72. The molecule has 0 radical (unpaired) electrons. The van der Waals surface area contributed by atoms with E-state index in [0.29, 0.717) is 0 Å². The molecule has 0 saturated heterocycles. The van der Waals surface area contributed by atoms with Crippen molar-refractivity contribution in [2.75, 3.05) is 0 Å². The van der Waals surface area contributed by atoms with Crippen LogP contribution in [0, 0.1) is 0 Å². The first-order valence-electron chi connectivity index (χ1n) is 2.22. The molecule has 0 aromatic rings. The van der Waals surface area contributed by atoms with Gasteiger partial charge in [-0.25, -0.2) is 0 Å². The van der Waals surface area contributed by atoms with Crippen molar-refractivity contribution in [2.24, 2.45) is 0 Å². The van der Waals surface area contributed by atoms with Crippen molar-refractivity contribution in [3.63, 3.8) is 0 Å². The van der Waals surface area contributed by atoms with Gasteiger partial charge in [-0.3, -0.25) is 0 Å². The molecule has 0 saturated carbocycles. The third kappa shape index (κ3) is 82.7. The van der Waals surface area contributed by atoms with Crippen molar-refractivity contribution in [2.45, 2.75) is 20.8 Å². The Labute approximate surface area is 40.2 Å². The minimum atomic E-state index is 1.76. The molecular formula is C6H12. The van der Waals surface area contributed by atoms with E-state index in [1.807, 2.05) is 20.8 Å². The molecule has 0 nitrogen and oxygen atoms in total. The Hall–Kier alpha value is -0.480. The molecule has 0 rings (SSSR count). The smallest absolute Gasteiger partial charge is 0.0393 e. The van der Waals surface area contributed by atoms with Crippen LogP contribution in [-0.4, -0.2) is 0 Å². The van der Waals surface area contributed by atoms with E-state index in [0.717, 1.165) is 0 Å². The van der Waals surface area contributed by atoms with E-state index in [4.69, 9.17) is 0 Å². The van der Waals surface area contributed by atoms with Crippen LogP contribution in [0.15, 0.2) is 18.4 Å². The summed E-state index contributed by atoms with van der Waals surface area (Å²) in [7, 11) is 0. The maximum Gasteiger partial charge on any atom is -0.0393 e. The molecule has 0 unspecified atom stereocenters. The van der Waals surface area contributed by atoms with E-state index in [-0.39, 0.29) is 0 Å². The summed E-state index contributed by atoms with van der Waals surface area (Å²) in [5, 5.41) is 0. The summed E-state index contributed by atoms with van der Waals surface area (Å²) in [6.07, 6.45) is 1.76. The van der Waals surface area contributed by atoms with Gasteiger partial charge in [0.15, 0.2) is 0 Å². The van der Waals surface area contributed by atoms with Crippen LogP contribution in [-0.2, 0) is 0 Å². The van der Waals surface area contributed by atoms with Crippen molar-refractivity contribution in [3.05, 3.63) is 18.4 Å². The normalized spacial score (nSPS) is 3.83. The van der Waals surface area contributed by atoms with Crippen molar-refractivity contribution in [1.29, 1.82) is 0 Å². The van der Waals surface area contributed by atoms with E-state index in [1.165, 1.54) is 0 Å². The zero-order valence-electron chi connectivity index (χ0n) is 4.78. The van der Waals surface area contributed by atoms with Crippen LogP contribution < -0.4 is 0 Å². The Morgan fingerprint density at radius 3 is 1.67 bits per heavy atom. The number of hydrogen-bond acceptors (Lipinski definition) is 0. The molecular weight excluding hydrogens is 72.1 g/mol. The summed E-state index contributed by atoms with van der Waals surface area (Å²) in [4.78, 5) is 0. The topological polar surface area (TPSA) is 0 Å². The van der Waals surface area contributed by atoms with Gasteiger partial charge >= 0.3 is 0 Å². The highest BCUT2D eigenvalue weighted by Crippen LogP contribution is 1.46. The molecule has 0 aliphatic rings. The first-order chi connectivity index (χ1) is 2.91. The summed E-state index contributed by atoms with van der Waals surface area (Å²) in [6, 6.07) is 0. The molecule has 36 valence electrons. The number of hydrogen-bond donors (Lipinski definition) is 0. The third-order valence-corrected chi connectivity index (χ3v) is 0.204. The van der Waals surface area contributed by atoms with E-state index >= 15 is 0 Å². The Balaban J connectivity index is 0. The minimum absolute atomic E-state index is 1.76. The summed E-state index contributed by atoms with van der Waals surface area (Å²) in [5.41, 5.74) is 2.56. The fourth-order valence-electron chi connectivity index (χ4n) is 0. The summed E-state index contributed by atoms with van der Waals surface area (Å²) < 4.78 is 0. The Morgan fingerprint density at radius 2 is 1.67 bits per heavy atom. The van der Waals surface area contributed by atoms with E-state index in [2.05, 4.69) is 12.3 Å². The lowest BCUT2D eigenvalue weighted by molar-refractivity contribution is 1.50. The minimum Gasteiger partial charge on any atom is -0.133 e. The highest BCUT2D eigenvalue weighted by molar-refractivity contribution is 4.67. The molecule has 0 aromatic heterocycles. The van der Waals surface area contributed by atoms with Crippen LogP contribution >= 0.6 is 0 Å². The van der Waals surface area contributed by atoms with E-state index < -0.39 is 0 Å². The van der Waals surface area contributed by atoms with Crippen molar-refractivity contribution >= 4 is 0 Å². The summed E-state index contributed by atoms with van der Waals surface area (Å²) in [5.74, 6) is 0. The molecule has 0 atom stereocenters. The largest absolute Gasteiger partial charge is 0.133 e.